The molecule has 0 aromatic heterocycles. The number of halogens is 2. The van der Waals surface area contributed by atoms with Gasteiger partial charge in [-0.05, 0) is 51.8 Å². The summed E-state index contributed by atoms with van der Waals surface area (Å²) in [5, 5.41) is 3.32. The van der Waals surface area contributed by atoms with Crippen LogP contribution in [0.2, 0.25) is 0 Å². The molecule has 0 saturated carbocycles. The second kappa shape index (κ2) is 9.11. The number of rotatable bonds is 6. The van der Waals surface area contributed by atoms with E-state index in [1.54, 1.807) is 17.0 Å². The molecule has 1 unspecified atom stereocenters. The van der Waals surface area contributed by atoms with E-state index in [4.69, 9.17) is 0 Å². The van der Waals surface area contributed by atoms with Gasteiger partial charge in [-0.3, -0.25) is 4.79 Å². The first kappa shape index (κ1) is 18.9. The standard InChI is InChI=1S/C17H25FN2O.ClH/c1-13(2)20(12-15-5-3-4-6-16(15)18)17(21)8-7-14-9-10-19-11-14;/h3-6,13-14,19H,7-12H2,1-2H3;1H. The average Bonchev–Trinajstić information content (AvgIpc) is 2.97. The van der Waals surface area contributed by atoms with Gasteiger partial charge in [0.25, 0.3) is 0 Å². The van der Waals surface area contributed by atoms with Gasteiger partial charge in [0.05, 0.1) is 0 Å². The second-order valence-corrected chi connectivity index (χ2v) is 6.10. The number of nitrogens with one attached hydrogen (secondary N) is 1. The summed E-state index contributed by atoms with van der Waals surface area (Å²) in [6.45, 7) is 6.39. The van der Waals surface area contributed by atoms with Crippen LogP contribution >= 0.6 is 12.4 Å². The predicted molar refractivity (Wildman–Crippen MR) is 89.5 cm³/mol. The minimum absolute atomic E-state index is 0. The van der Waals surface area contributed by atoms with E-state index in [1.165, 1.54) is 6.07 Å². The molecule has 1 aliphatic rings. The molecule has 1 N–H and O–H groups in total. The molecule has 1 aromatic carbocycles. The quantitative estimate of drug-likeness (QED) is 0.868. The smallest absolute Gasteiger partial charge is 0.223 e. The Morgan fingerprint density at radius 1 is 1.41 bits per heavy atom. The highest BCUT2D eigenvalue weighted by atomic mass is 35.5. The first-order valence-electron chi connectivity index (χ1n) is 7.81. The molecule has 5 heteroatoms. The van der Waals surface area contributed by atoms with Gasteiger partial charge in [-0.15, -0.1) is 12.4 Å². The Labute approximate surface area is 138 Å². The Balaban J connectivity index is 0.00000242. The maximum atomic E-state index is 13.8. The highest BCUT2D eigenvalue weighted by Gasteiger charge is 2.21. The van der Waals surface area contributed by atoms with Crippen molar-refractivity contribution in [1.29, 1.82) is 0 Å². The molecular formula is C17H26ClFN2O. The van der Waals surface area contributed by atoms with Crippen LogP contribution in [0.25, 0.3) is 0 Å². The summed E-state index contributed by atoms with van der Waals surface area (Å²) in [6.07, 6.45) is 2.63. The van der Waals surface area contributed by atoms with Crippen molar-refractivity contribution in [3.63, 3.8) is 0 Å². The van der Waals surface area contributed by atoms with Gasteiger partial charge in [-0.2, -0.15) is 0 Å². The van der Waals surface area contributed by atoms with Gasteiger partial charge < -0.3 is 10.2 Å². The van der Waals surface area contributed by atoms with Crippen molar-refractivity contribution in [1.82, 2.24) is 10.2 Å². The Kier molecular flexibility index (Phi) is 7.83. The van der Waals surface area contributed by atoms with Gasteiger partial charge in [-0.1, -0.05) is 18.2 Å². The highest BCUT2D eigenvalue weighted by molar-refractivity contribution is 5.85. The van der Waals surface area contributed by atoms with E-state index < -0.39 is 0 Å². The fourth-order valence-corrected chi connectivity index (χ4v) is 2.80. The lowest BCUT2D eigenvalue weighted by Crippen LogP contribution is -2.36. The van der Waals surface area contributed by atoms with Crippen LogP contribution in [-0.4, -0.2) is 29.9 Å². The average molecular weight is 329 g/mol. The Bertz CT molecular complexity index is 475. The van der Waals surface area contributed by atoms with Crippen LogP contribution in [0, 0.1) is 11.7 Å². The summed E-state index contributed by atoms with van der Waals surface area (Å²) >= 11 is 0. The summed E-state index contributed by atoms with van der Waals surface area (Å²) in [4.78, 5) is 14.2. The fraction of sp³-hybridized carbons (Fsp3) is 0.588. The molecule has 1 aliphatic heterocycles. The zero-order valence-electron chi connectivity index (χ0n) is 13.3. The van der Waals surface area contributed by atoms with E-state index >= 15 is 0 Å². The third-order valence-corrected chi connectivity index (χ3v) is 4.17. The van der Waals surface area contributed by atoms with Crippen LogP contribution in [-0.2, 0) is 11.3 Å². The molecule has 0 bridgehead atoms. The summed E-state index contributed by atoms with van der Waals surface area (Å²) in [7, 11) is 0. The van der Waals surface area contributed by atoms with Crippen molar-refractivity contribution in [3.05, 3.63) is 35.6 Å². The third-order valence-electron chi connectivity index (χ3n) is 4.17. The Morgan fingerprint density at radius 2 is 2.14 bits per heavy atom. The van der Waals surface area contributed by atoms with E-state index in [1.807, 2.05) is 19.9 Å². The van der Waals surface area contributed by atoms with Crippen molar-refractivity contribution in [2.75, 3.05) is 13.1 Å². The maximum absolute atomic E-state index is 13.8. The van der Waals surface area contributed by atoms with Crippen molar-refractivity contribution in [3.8, 4) is 0 Å². The molecule has 1 atom stereocenters. The van der Waals surface area contributed by atoms with Crippen LogP contribution in [0.5, 0.6) is 0 Å². The number of carbonyl (C=O) groups excluding carboxylic acids is 1. The SMILES string of the molecule is CC(C)N(Cc1ccccc1F)C(=O)CCC1CCNC1.Cl. The summed E-state index contributed by atoms with van der Waals surface area (Å²) in [5.41, 5.74) is 0.585. The van der Waals surface area contributed by atoms with Gasteiger partial charge in [0.1, 0.15) is 5.82 Å². The minimum atomic E-state index is -0.240. The number of amides is 1. The molecule has 3 nitrogen and oxygen atoms in total. The van der Waals surface area contributed by atoms with Gasteiger partial charge in [0, 0.05) is 24.6 Å². The lowest BCUT2D eigenvalue weighted by Gasteiger charge is -2.27. The minimum Gasteiger partial charge on any atom is -0.336 e. The van der Waals surface area contributed by atoms with E-state index in [0.29, 0.717) is 24.4 Å². The zero-order valence-corrected chi connectivity index (χ0v) is 14.2. The highest BCUT2D eigenvalue weighted by Crippen LogP contribution is 2.18. The lowest BCUT2D eigenvalue weighted by atomic mass is 10.0. The van der Waals surface area contributed by atoms with Crippen molar-refractivity contribution >= 4 is 18.3 Å². The van der Waals surface area contributed by atoms with Crippen molar-refractivity contribution < 1.29 is 9.18 Å². The van der Waals surface area contributed by atoms with Crippen LogP contribution in [0.3, 0.4) is 0 Å². The molecule has 1 amide bonds. The van der Waals surface area contributed by atoms with Gasteiger partial charge in [0.15, 0.2) is 0 Å². The summed E-state index contributed by atoms with van der Waals surface area (Å²) in [5.74, 6) is 0.493. The largest absolute Gasteiger partial charge is 0.336 e. The van der Waals surface area contributed by atoms with Crippen LogP contribution in [0.15, 0.2) is 24.3 Å². The van der Waals surface area contributed by atoms with E-state index in [9.17, 15) is 9.18 Å². The molecule has 1 fully saturated rings. The first-order chi connectivity index (χ1) is 10.1. The first-order valence-corrected chi connectivity index (χ1v) is 7.81. The van der Waals surface area contributed by atoms with Gasteiger partial charge >= 0.3 is 0 Å². The number of hydrogen-bond acceptors (Lipinski definition) is 2. The molecule has 1 heterocycles. The van der Waals surface area contributed by atoms with Crippen molar-refractivity contribution in [2.24, 2.45) is 5.92 Å². The molecule has 0 aliphatic carbocycles. The molecular weight excluding hydrogens is 303 g/mol. The molecule has 1 saturated heterocycles. The topological polar surface area (TPSA) is 32.3 Å². The predicted octanol–water partition coefficient (Wildman–Crippen LogP) is 3.37. The number of carbonyl (C=O) groups is 1. The monoisotopic (exact) mass is 328 g/mol. The van der Waals surface area contributed by atoms with E-state index in [0.717, 1.165) is 25.9 Å². The molecule has 1 aromatic rings. The van der Waals surface area contributed by atoms with Gasteiger partial charge in [-0.25, -0.2) is 4.39 Å². The maximum Gasteiger partial charge on any atom is 0.223 e. The third kappa shape index (κ3) is 5.25. The molecule has 22 heavy (non-hydrogen) atoms. The van der Waals surface area contributed by atoms with Crippen LogP contribution in [0.4, 0.5) is 4.39 Å². The fourth-order valence-electron chi connectivity index (χ4n) is 2.80. The Hall–Kier alpha value is -1.13. The normalized spacial score (nSPS) is 17.4. The Morgan fingerprint density at radius 3 is 2.73 bits per heavy atom. The number of hydrogen-bond donors (Lipinski definition) is 1. The summed E-state index contributed by atoms with van der Waals surface area (Å²) in [6, 6.07) is 6.76. The van der Waals surface area contributed by atoms with Gasteiger partial charge in [0.2, 0.25) is 5.91 Å². The molecule has 0 spiro atoms. The van der Waals surface area contributed by atoms with E-state index in [-0.39, 0.29) is 30.2 Å². The number of benzene rings is 1. The second-order valence-electron chi connectivity index (χ2n) is 6.10. The van der Waals surface area contributed by atoms with E-state index in [2.05, 4.69) is 5.32 Å². The zero-order chi connectivity index (χ0) is 15.2. The summed E-state index contributed by atoms with van der Waals surface area (Å²) < 4.78 is 13.8. The van der Waals surface area contributed by atoms with Crippen molar-refractivity contribution in [2.45, 2.75) is 45.7 Å². The molecule has 124 valence electrons. The lowest BCUT2D eigenvalue weighted by molar-refractivity contribution is -0.133. The molecule has 2 rings (SSSR count). The number of nitrogens with zero attached hydrogens (tertiary/aromatic N) is 1. The van der Waals surface area contributed by atoms with Crippen LogP contribution in [0.1, 0.15) is 38.7 Å². The molecule has 0 radical (unpaired) electrons. The van der Waals surface area contributed by atoms with Crippen LogP contribution < -0.4 is 5.32 Å².